The topological polar surface area (TPSA) is 102 Å². The van der Waals surface area contributed by atoms with Gasteiger partial charge in [-0.2, -0.15) is 13.5 Å². The van der Waals surface area contributed by atoms with Gasteiger partial charge in [0.25, 0.3) is 10.0 Å². The number of anilines is 3. The van der Waals surface area contributed by atoms with E-state index in [2.05, 4.69) is 25.1 Å². The molecule has 0 aliphatic rings. The van der Waals surface area contributed by atoms with E-state index < -0.39 is 10.0 Å². The lowest BCUT2D eigenvalue weighted by Crippen LogP contribution is -2.14. The minimum absolute atomic E-state index is 0.0912. The van der Waals surface area contributed by atoms with Gasteiger partial charge in [-0.1, -0.05) is 23.7 Å². The molecule has 0 atom stereocenters. The SMILES string of the molecule is O=S(=O)(Nc1nccs1)c1ccc(Nc2ccn(Cc3ccc(Cl)cc3)n2)cn1. The molecule has 0 aliphatic heterocycles. The first kappa shape index (κ1) is 19.4. The van der Waals surface area contributed by atoms with Crippen LogP contribution in [0, 0.1) is 0 Å². The first-order valence-corrected chi connectivity index (χ1v) is 11.2. The molecule has 4 aromatic rings. The predicted molar refractivity (Wildman–Crippen MR) is 113 cm³/mol. The Morgan fingerprint density at radius 2 is 1.90 bits per heavy atom. The van der Waals surface area contributed by atoms with Crippen molar-refractivity contribution in [3.63, 3.8) is 0 Å². The predicted octanol–water partition coefficient (Wildman–Crippen LogP) is 3.98. The Bertz CT molecular complexity index is 1190. The molecule has 3 heterocycles. The number of hydrogen-bond acceptors (Lipinski definition) is 7. The molecule has 2 N–H and O–H groups in total. The summed E-state index contributed by atoms with van der Waals surface area (Å²) in [6.07, 6.45) is 4.81. The quantitative estimate of drug-likeness (QED) is 0.445. The maximum absolute atomic E-state index is 12.3. The van der Waals surface area contributed by atoms with Crippen LogP contribution >= 0.6 is 22.9 Å². The molecule has 0 fully saturated rings. The summed E-state index contributed by atoms with van der Waals surface area (Å²) in [5.41, 5.74) is 1.70. The number of nitrogens with one attached hydrogen (secondary N) is 2. The third-order valence-corrected chi connectivity index (χ3v) is 6.16. The van der Waals surface area contributed by atoms with Crippen LogP contribution in [0.3, 0.4) is 0 Å². The average Bonchev–Trinajstić information content (AvgIpc) is 3.36. The highest BCUT2D eigenvalue weighted by Gasteiger charge is 2.17. The number of aromatic nitrogens is 4. The van der Waals surface area contributed by atoms with Crippen LogP contribution in [0.1, 0.15) is 5.56 Å². The van der Waals surface area contributed by atoms with Crippen LogP contribution in [0.15, 0.2) is 71.5 Å². The Morgan fingerprint density at radius 3 is 2.59 bits per heavy atom. The monoisotopic (exact) mass is 446 g/mol. The van der Waals surface area contributed by atoms with E-state index in [1.807, 2.05) is 36.5 Å². The van der Waals surface area contributed by atoms with E-state index in [1.165, 1.54) is 29.8 Å². The first-order chi connectivity index (χ1) is 14.0. The molecule has 0 radical (unpaired) electrons. The van der Waals surface area contributed by atoms with E-state index in [9.17, 15) is 8.42 Å². The highest BCUT2D eigenvalue weighted by Crippen LogP contribution is 2.19. The van der Waals surface area contributed by atoms with E-state index in [1.54, 1.807) is 16.1 Å². The molecule has 0 spiro atoms. The first-order valence-electron chi connectivity index (χ1n) is 8.41. The van der Waals surface area contributed by atoms with Crippen LogP contribution in [0.2, 0.25) is 5.02 Å². The number of rotatable bonds is 7. The Labute approximate surface area is 176 Å². The van der Waals surface area contributed by atoms with Gasteiger partial charge in [-0.15, -0.1) is 11.3 Å². The normalized spacial score (nSPS) is 11.3. The van der Waals surface area contributed by atoms with Crippen molar-refractivity contribution >= 4 is 49.6 Å². The Morgan fingerprint density at radius 1 is 1.07 bits per heavy atom. The number of thiazole rings is 1. The summed E-state index contributed by atoms with van der Waals surface area (Å²) in [5, 5.41) is 10.1. The summed E-state index contributed by atoms with van der Waals surface area (Å²) in [5.74, 6) is 0.622. The maximum Gasteiger partial charge on any atom is 0.281 e. The van der Waals surface area contributed by atoms with E-state index in [-0.39, 0.29) is 5.03 Å². The highest BCUT2D eigenvalue weighted by atomic mass is 35.5. The lowest BCUT2D eigenvalue weighted by molar-refractivity contribution is 0.597. The maximum atomic E-state index is 12.3. The molecule has 0 aliphatic carbocycles. The van der Waals surface area contributed by atoms with Gasteiger partial charge in [0.15, 0.2) is 16.0 Å². The zero-order valence-electron chi connectivity index (χ0n) is 14.9. The van der Waals surface area contributed by atoms with Gasteiger partial charge in [0.05, 0.1) is 18.4 Å². The van der Waals surface area contributed by atoms with Gasteiger partial charge < -0.3 is 5.32 Å². The third kappa shape index (κ3) is 4.91. The number of pyridine rings is 1. The van der Waals surface area contributed by atoms with Crippen LogP contribution in [0.5, 0.6) is 0 Å². The summed E-state index contributed by atoms with van der Waals surface area (Å²) in [4.78, 5) is 7.93. The molecule has 148 valence electrons. The van der Waals surface area contributed by atoms with Crippen molar-refractivity contribution in [2.24, 2.45) is 0 Å². The van der Waals surface area contributed by atoms with Crippen molar-refractivity contribution in [3.05, 3.63) is 77.0 Å². The van der Waals surface area contributed by atoms with Gasteiger partial charge in [-0.3, -0.25) is 9.40 Å². The van der Waals surface area contributed by atoms with Crippen molar-refractivity contribution in [1.29, 1.82) is 0 Å². The van der Waals surface area contributed by atoms with E-state index in [0.29, 0.717) is 28.2 Å². The Balaban J connectivity index is 1.41. The molecule has 0 bridgehead atoms. The number of hydrogen-bond donors (Lipinski definition) is 2. The van der Waals surface area contributed by atoms with Crippen molar-refractivity contribution < 1.29 is 8.42 Å². The molecule has 0 amide bonds. The molecule has 8 nitrogen and oxygen atoms in total. The Kier molecular flexibility index (Phi) is 5.47. The number of sulfonamides is 1. The highest BCUT2D eigenvalue weighted by molar-refractivity contribution is 7.92. The molecular weight excluding hydrogens is 432 g/mol. The molecule has 11 heteroatoms. The number of benzene rings is 1. The van der Waals surface area contributed by atoms with E-state index in [0.717, 1.165) is 5.56 Å². The van der Waals surface area contributed by atoms with Crippen LogP contribution in [0.25, 0.3) is 0 Å². The summed E-state index contributed by atoms with van der Waals surface area (Å²) in [6, 6.07) is 12.4. The number of nitrogens with zero attached hydrogens (tertiary/aromatic N) is 4. The standard InChI is InChI=1S/C18H15ClN6O2S2/c19-14-3-1-13(2-4-14)12-25-9-7-16(23-25)22-15-5-6-17(21-11-15)29(26,27)24-18-20-8-10-28-18/h1-11H,12H2,(H,20,24)(H,22,23). The zero-order chi connectivity index (χ0) is 20.3. The van der Waals surface area contributed by atoms with Crippen molar-refractivity contribution in [2.75, 3.05) is 10.0 Å². The fourth-order valence-electron chi connectivity index (χ4n) is 2.50. The van der Waals surface area contributed by atoms with Gasteiger partial charge in [-0.05, 0) is 29.8 Å². The second-order valence-corrected chi connectivity index (χ2v) is 8.94. The minimum atomic E-state index is -3.78. The molecule has 0 unspecified atom stereocenters. The zero-order valence-corrected chi connectivity index (χ0v) is 17.2. The van der Waals surface area contributed by atoms with Gasteiger partial charge in [0, 0.05) is 28.9 Å². The van der Waals surface area contributed by atoms with Crippen LogP contribution in [0.4, 0.5) is 16.6 Å². The molecule has 1 aromatic carbocycles. The summed E-state index contributed by atoms with van der Waals surface area (Å²) in [7, 11) is -3.78. The van der Waals surface area contributed by atoms with Crippen LogP contribution in [-0.4, -0.2) is 28.2 Å². The average molecular weight is 447 g/mol. The largest absolute Gasteiger partial charge is 0.337 e. The van der Waals surface area contributed by atoms with Crippen molar-refractivity contribution in [3.8, 4) is 0 Å². The molecule has 29 heavy (non-hydrogen) atoms. The van der Waals surface area contributed by atoms with Gasteiger partial charge in [0.2, 0.25) is 0 Å². The second kappa shape index (κ2) is 8.19. The summed E-state index contributed by atoms with van der Waals surface area (Å²) < 4.78 is 28.8. The molecular formula is C18H15ClN6O2S2. The molecule has 0 saturated carbocycles. The smallest absolute Gasteiger partial charge is 0.281 e. The molecule has 3 aromatic heterocycles. The number of halogens is 1. The molecule has 4 rings (SSSR count). The lowest BCUT2D eigenvalue weighted by Gasteiger charge is -2.06. The fraction of sp³-hybridized carbons (Fsp3) is 0.0556. The van der Waals surface area contributed by atoms with Gasteiger partial charge >= 0.3 is 0 Å². The lowest BCUT2D eigenvalue weighted by atomic mass is 10.2. The van der Waals surface area contributed by atoms with Gasteiger partial charge in [0.1, 0.15) is 0 Å². The second-order valence-electron chi connectivity index (χ2n) is 5.98. The summed E-state index contributed by atoms with van der Waals surface area (Å²) in [6.45, 7) is 0.608. The summed E-state index contributed by atoms with van der Waals surface area (Å²) >= 11 is 7.10. The van der Waals surface area contributed by atoms with Crippen molar-refractivity contribution in [2.45, 2.75) is 11.6 Å². The van der Waals surface area contributed by atoms with E-state index in [4.69, 9.17) is 11.6 Å². The minimum Gasteiger partial charge on any atom is -0.337 e. The molecule has 0 saturated heterocycles. The fourth-order valence-corrected chi connectivity index (χ4v) is 4.34. The van der Waals surface area contributed by atoms with Crippen LogP contribution < -0.4 is 10.0 Å². The van der Waals surface area contributed by atoms with Gasteiger partial charge in [-0.25, -0.2) is 9.97 Å². The van der Waals surface area contributed by atoms with E-state index >= 15 is 0 Å². The Hall–Kier alpha value is -2.95. The third-order valence-electron chi connectivity index (χ3n) is 3.84. The van der Waals surface area contributed by atoms with Crippen molar-refractivity contribution in [1.82, 2.24) is 19.7 Å². The van der Waals surface area contributed by atoms with Crippen LogP contribution in [-0.2, 0) is 16.6 Å².